The Bertz CT molecular complexity index is 534. The van der Waals surface area contributed by atoms with E-state index in [1.54, 1.807) is 24.3 Å². The van der Waals surface area contributed by atoms with E-state index >= 15 is 0 Å². The molecule has 0 aromatic heterocycles. The van der Waals surface area contributed by atoms with Gasteiger partial charge in [0.15, 0.2) is 0 Å². The Morgan fingerprint density at radius 1 is 1.17 bits per heavy atom. The number of rotatable bonds is 5. The van der Waals surface area contributed by atoms with Crippen molar-refractivity contribution in [2.45, 2.75) is 44.2 Å². The summed E-state index contributed by atoms with van der Waals surface area (Å²) in [7, 11) is 0. The van der Waals surface area contributed by atoms with Gasteiger partial charge in [0.2, 0.25) is 6.29 Å². The molecule has 1 aromatic rings. The molecular formula is C15H20O8. The molecule has 1 aliphatic rings. The average molecular weight is 328 g/mol. The lowest BCUT2D eigenvalue weighted by atomic mass is 9.99. The van der Waals surface area contributed by atoms with Gasteiger partial charge in [-0.2, -0.15) is 0 Å². The van der Waals surface area contributed by atoms with Crippen LogP contribution in [0.3, 0.4) is 0 Å². The first-order valence-corrected chi connectivity index (χ1v) is 7.12. The summed E-state index contributed by atoms with van der Waals surface area (Å²) in [5.74, 6) is -0.293. The number of para-hydroxylation sites is 1. The molecule has 0 saturated carbocycles. The van der Waals surface area contributed by atoms with E-state index in [1.165, 1.54) is 6.92 Å². The molecule has 0 aliphatic carbocycles. The summed E-state index contributed by atoms with van der Waals surface area (Å²) in [6.45, 7) is 0.634. The maximum atomic E-state index is 10.9. The summed E-state index contributed by atoms with van der Waals surface area (Å²) < 4.78 is 15.7. The highest BCUT2D eigenvalue weighted by atomic mass is 16.7. The maximum Gasteiger partial charge on any atom is 0.302 e. The molecule has 0 spiro atoms. The summed E-state index contributed by atoms with van der Waals surface area (Å²) in [6, 6.07) is 6.58. The van der Waals surface area contributed by atoms with Crippen LogP contribution in [-0.4, -0.2) is 63.7 Å². The second kappa shape index (κ2) is 7.71. The Labute approximate surface area is 132 Å². The van der Waals surface area contributed by atoms with Gasteiger partial charge >= 0.3 is 5.97 Å². The number of ether oxygens (including phenoxy) is 3. The smallest absolute Gasteiger partial charge is 0.302 e. The van der Waals surface area contributed by atoms with E-state index in [1.807, 2.05) is 0 Å². The lowest BCUT2D eigenvalue weighted by Gasteiger charge is -2.40. The molecule has 5 atom stereocenters. The lowest BCUT2D eigenvalue weighted by molar-refractivity contribution is -0.278. The topological polar surface area (TPSA) is 126 Å². The Balaban J connectivity index is 2.11. The molecule has 1 aliphatic heterocycles. The zero-order chi connectivity index (χ0) is 17.0. The number of hydrogen-bond donors (Lipinski definition) is 4. The second-order valence-electron chi connectivity index (χ2n) is 5.20. The van der Waals surface area contributed by atoms with E-state index in [-0.39, 0.29) is 19.0 Å². The summed E-state index contributed by atoms with van der Waals surface area (Å²) in [5.41, 5.74) is 0.473. The van der Waals surface area contributed by atoms with Gasteiger partial charge in [-0.15, -0.1) is 0 Å². The third-order valence-corrected chi connectivity index (χ3v) is 3.51. The highest BCUT2D eigenvalue weighted by Crippen LogP contribution is 2.26. The van der Waals surface area contributed by atoms with Gasteiger partial charge in [-0.1, -0.05) is 18.2 Å². The molecule has 1 saturated heterocycles. The van der Waals surface area contributed by atoms with E-state index < -0.39 is 36.7 Å². The monoisotopic (exact) mass is 328 g/mol. The van der Waals surface area contributed by atoms with E-state index in [2.05, 4.69) is 0 Å². The van der Waals surface area contributed by atoms with Crippen molar-refractivity contribution in [3.63, 3.8) is 0 Å². The molecule has 23 heavy (non-hydrogen) atoms. The lowest BCUT2D eigenvalue weighted by Crippen LogP contribution is -2.60. The van der Waals surface area contributed by atoms with Crippen molar-refractivity contribution in [2.75, 3.05) is 6.61 Å². The second-order valence-corrected chi connectivity index (χ2v) is 5.20. The molecule has 4 N–H and O–H groups in total. The van der Waals surface area contributed by atoms with E-state index in [0.29, 0.717) is 5.56 Å². The fourth-order valence-electron chi connectivity index (χ4n) is 2.23. The van der Waals surface area contributed by atoms with Gasteiger partial charge in [-0.05, 0) is 6.07 Å². The van der Waals surface area contributed by atoms with Crippen LogP contribution < -0.4 is 4.74 Å². The summed E-state index contributed by atoms with van der Waals surface area (Å²) in [4.78, 5) is 10.9. The van der Waals surface area contributed by atoms with Crippen molar-refractivity contribution in [2.24, 2.45) is 0 Å². The molecule has 8 heteroatoms. The predicted octanol–water partition coefficient (Wildman–Crippen LogP) is -1.07. The molecule has 0 unspecified atom stereocenters. The molecule has 0 radical (unpaired) electrons. The van der Waals surface area contributed by atoms with Crippen molar-refractivity contribution >= 4 is 5.97 Å². The van der Waals surface area contributed by atoms with Gasteiger partial charge in [0, 0.05) is 12.5 Å². The van der Waals surface area contributed by atoms with Gasteiger partial charge in [-0.25, -0.2) is 0 Å². The number of aliphatic hydroxyl groups excluding tert-OH is 4. The summed E-state index contributed by atoms with van der Waals surface area (Å²) in [6.07, 6.45) is -6.82. The predicted molar refractivity (Wildman–Crippen MR) is 76.3 cm³/mol. The third-order valence-electron chi connectivity index (χ3n) is 3.51. The van der Waals surface area contributed by atoms with Gasteiger partial charge in [0.05, 0.1) is 6.61 Å². The molecular weight excluding hydrogens is 308 g/mol. The van der Waals surface area contributed by atoms with Gasteiger partial charge in [0.1, 0.15) is 36.8 Å². The van der Waals surface area contributed by atoms with E-state index in [0.717, 1.165) is 0 Å². The SMILES string of the molecule is CC(=O)OC[C@@H]1O[C@H](Oc2ccccc2CO)[C@@H](O)[C@H](O)[C@H]1O. The first kappa shape index (κ1) is 17.6. The van der Waals surface area contributed by atoms with Crippen molar-refractivity contribution < 1.29 is 39.4 Å². The third kappa shape index (κ3) is 4.18. The summed E-state index contributed by atoms with van der Waals surface area (Å²) >= 11 is 0. The largest absolute Gasteiger partial charge is 0.463 e. The van der Waals surface area contributed by atoms with Crippen LogP contribution in [0.4, 0.5) is 0 Å². The van der Waals surface area contributed by atoms with Crippen molar-refractivity contribution in [3.8, 4) is 5.75 Å². The molecule has 2 rings (SSSR count). The molecule has 0 amide bonds. The highest BCUT2D eigenvalue weighted by molar-refractivity contribution is 5.65. The van der Waals surface area contributed by atoms with Gasteiger partial charge < -0.3 is 34.6 Å². The molecule has 8 nitrogen and oxygen atoms in total. The Morgan fingerprint density at radius 3 is 2.52 bits per heavy atom. The average Bonchev–Trinajstić information content (AvgIpc) is 2.54. The normalized spacial score (nSPS) is 30.7. The van der Waals surface area contributed by atoms with E-state index in [4.69, 9.17) is 14.2 Å². The first-order chi connectivity index (χ1) is 10.9. The quantitative estimate of drug-likeness (QED) is 0.503. The Morgan fingerprint density at radius 2 is 1.87 bits per heavy atom. The number of esters is 1. The van der Waals surface area contributed by atoms with Crippen LogP contribution in [0.1, 0.15) is 12.5 Å². The van der Waals surface area contributed by atoms with Crippen LogP contribution >= 0.6 is 0 Å². The van der Waals surface area contributed by atoms with Crippen molar-refractivity contribution in [1.29, 1.82) is 0 Å². The standard InChI is InChI=1S/C15H20O8/c1-8(17)21-7-11-12(18)13(19)14(20)15(23-11)22-10-5-3-2-4-9(10)6-16/h2-5,11-16,18-20H,6-7H2,1H3/t11-,12-,13+,14-,15-/m0/s1. The fraction of sp³-hybridized carbons (Fsp3) is 0.533. The Hall–Kier alpha value is -1.71. The van der Waals surface area contributed by atoms with Crippen LogP contribution in [0, 0.1) is 0 Å². The Kier molecular flexibility index (Phi) is 5.91. The first-order valence-electron chi connectivity index (χ1n) is 7.12. The fourth-order valence-corrected chi connectivity index (χ4v) is 2.23. The van der Waals surface area contributed by atoms with Crippen LogP contribution in [0.15, 0.2) is 24.3 Å². The van der Waals surface area contributed by atoms with Crippen molar-refractivity contribution in [3.05, 3.63) is 29.8 Å². The molecule has 0 bridgehead atoms. The minimum absolute atomic E-state index is 0.272. The number of hydrogen-bond acceptors (Lipinski definition) is 8. The van der Waals surface area contributed by atoms with Crippen LogP contribution in [0.5, 0.6) is 5.75 Å². The molecule has 128 valence electrons. The number of benzene rings is 1. The highest BCUT2D eigenvalue weighted by Gasteiger charge is 2.45. The number of aliphatic hydroxyl groups is 4. The van der Waals surface area contributed by atoms with Crippen LogP contribution in [0.25, 0.3) is 0 Å². The van der Waals surface area contributed by atoms with E-state index in [9.17, 15) is 25.2 Å². The van der Waals surface area contributed by atoms with Crippen LogP contribution in [-0.2, 0) is 20.9 Å². The minimum atomic E-state index is -1.53. The molecule has 1 fully saturated rings. The summed E-state index contributed by atoms with van der Waals surface area (Å²) in [5, 5.41) is 39.1. The van der Waals surface area contributed by atoms with Gasteiger partial charge in [0.25, 0.3) is 0 Å². The zero-order valence-electron chi connectivity index (χ0n) is 12.5. The zero-order valence-corrected chi connectivity index (χ0v) is 12.5. The van der Waals surface area contributed by atoms with Crippen molar-refractivity contribution in [1.82, 2.24) is 0 Å². The molecule has 1 aromatic carbocycles. The number of carbonyl (C=O) groups excluding carboxylic acids is 1. The molecule has 1 heterocycles. The number of carbonyl (C=O) groups is 1. The maximum absolute atomic E-state index is 10.9. The van der Waals surface area contributed by atoms with Crippen LogP contribution in [0.2, 0.25) is 0 Å². The minimum Gasteiger partial charge on any atom is -0.463 e. The van der Waals surface area contributed by atoms with Gasteiger partial charge in [-0.3, -0.25) is 4.79 Å².